The minimum atomic E-state index is -0.526. The van der Waals surface area contributed by atoms with Crippen molar-refractivity contribution in [3.8, 4) is 0 Å². The number of rotatable bonds is 4. The van der Waals surface area contributed by atoms with E-state index in [1.165, 1.54) is 0 Å². The van der Waals surface area contributed by atoms with Crippen LogP contribution in [-0.2, 0) is 11.3 Å². The molecule has 18 heavy (non-hydrogen) atoms. The van der Waals surface area contributed by atoms with E-state index < -0.39 is 5.54 Å². The van der Waals surface area contributed by atoms with Crippen LogP contribution in [0.4, 0.5) is 0 Å². The van der Waals surface area contributed by atoms with Gasteiger partial charge in [-0.1, -0.05) is 0 Å². The quantitative estimate of drug-likeness (QED) is 0.754. The maximum atomic E-state index is 12.6. The number of carbonyl (C=O) groups is 1. The number of hydrogen-bond acceptors (Lipinski definition) is 4. The molecule has 0 saturated carbocycles. The molecule has 1 aromatic rings. The van der Waals surface area contributed by atoms with Crippen molar-refractivity contribution in [3.05, 3.63) is 18.2 Å². The van der Waals surface area contributed by atoms with Crippen molar-refractivity contribution in [2.24, 2.45) is 0 Å². The van der Waals surface area contributed by atoms with Crippen molar-refractivity contribution in [2.75, 3.05) is 26.3 Å². The van der Waals surface area contributed by atoms with Gasteiger partial charge < -0.3 is 9.30 Å². The Kier molecular flexibility index (Phi) is 3.82. The zero-order chi connectivity index (χ0) is 13.2. The standard InChI is InChI=1S/C13H21N3O2/c1-4-15-6-5-14-12(15)11(17)13(2,3)16-7-9-18-10-8-16/h5-6H,4,7-10H2,1-3H3. The van der Waals surface area contributed by atoms with E-state index in [9.17, 15) is 4.79 Å². The Hall–Kier alpha value is -1.20. The van der Waals surface area contributed by atoms with E-state index in [1.54, 1.807) is 6.20 Å². The first-order valence-electron chi connectivity index (χ1n) is 6.46. The molecule has 1 fully saturated rings. The fraction of sp³-hybridized carbons (Fsp3) is 0.692. The van der Waals surface area contributed by atoms with E-state index in [4.69, 9.17) is 4.74 Å². The highest BCUT2D eigenvalue weighted by Gasteiger charge is 2.37. The fourth-order valence-electron chi connectivity index (χ4n) is 2.31. The molecular weight excluding hydrogens is 230 g/mol. The largest absolute Gasteiger partial charge is 0.379 e. The topological polar surface area (TPSA) is 47.4 Å². The first kappa shape index (κ1) is 13.2. The van der Waals surface area contributed by atoms with Crippen molar-refractivity contribution in [1.82, 2.24) is 14.5 Å². The molecule has 0 atom stereocenters. The zero-order valence-corrected chi connectivity index (χ0v) is 11.3. The van der Waals surface area contributed by atoms with Gasteiger partial charge in [-0.3, -0.25) is 9.69 Å². The number of nitrogens with zero attached hydrogens (tertiary/aromatic N) is 3. The van der Waals surface area contributed by atoms with Gasteiger partial charge in [0.1, 0.15) is 0 Å². The second-order valence-electron chi connectivity index (χ2n) is 5.02. The van der Waals surface area contributed by atoms with Crippen molar-refractivity contribution >= 4 is 5.78 Å². The van der Waals surface area contributed by atoms with Crippen molar-refractivity contribution in [2.45, 2.75) is 32.9 Å². The number of ketones is 1. The molecule has 0 aromatic carbocycles. The molecule has 5 heteroatoms. The average molecular weight is 251 g/mol. The minimum Gasteiger partial charge on any atom is -0.379 e. The van der Waals surface area contributed by atoms with Crippen LogP contribution in [0.3, 0.4) is 0 Å². The molecule has 1 aliphatic rings. The smallest absolute Gasteiger partial charge is 0.217 e. The molecule has 2 heterocycles. The Morgan fingerprint density at radius 1 is 1.44 bits per heavy atom. The molecule has 1 aliphatic heterocycles. The lowest BCUT2D eigenvalue weighted by atomic mass is 9.95. The maximum Gasteiger partial charge on any atom is 0.217 e. The Morgan fingerprint density at radius 3 is 2.72 bits per heavy atom. The normalized spacial score (nSPS) is 17.9. The predicted molar refractivity (Wildman–Crippen MR) is 68.7 cm³/mol. The van der Waals surface area contributed by atoms with Crippen LogP contribution in [0.15, 0.2) is 12.4 Å². The van der Waals surface area contributed by atoms with E-state index in [0.717, 1.165) is 19.6 Å². The van der Waals surface area contributed by atoms with Gasteiger partial charge in [-0.15, -0.1) is 0 Å². The van der Waals surface area contributed by atoms with Gasteiger partial charge in [0.15, 0.2) is 5.82 Å². The summed E-state index contributed by atoms with van der Waals surface area (Å²) in [6.45, 7) is 9.69. The van der Waals surface area contributed by atoms with E-state index >= 15 is 0 Å². The summed E-state index contributed by atoms with van der Waals surface area (Å²) in [5.74, 6) is 0.630. The summed E-state index contributed by atoms with van der Waals surface area (Å²) in [5, 5.41) is 0. The number of morpholine rings is 1. The Morgan fingerprint density at radius 2 is 2.11 bits per heavy atom. The number of aryl methyl sites for hydroxylation is 1. The molecule has 0 bridgehead atoms. The van der Waals surface area contributed by atoms with Crippen LogP contribution in [0.1, 0.15) is 31.4 Å². The highest BCUT2D eigenvalue weighted by molar-refractivity contribution is 6.00. The molecule has 0 amide bonds. The molecule has 100 valence electrons. The summed E-state index contributed by atoms with van der Waals surface area (Å²) in [5.41, 5.74) is -0.526. The summed E-state index contributed by atoms with van der Waals surface area (Å²) >= 11 is 0. The summed E-state index contributed by atoms with van der Waals surface area (Å²) in [6.07, 6.45) is 3.54. The molecule has 1 aromatic heterocycles. The van der Waals surface area contributed by atoms with Crippen LogP contribution in [0.25, 0.3) is 0 Å². The Labute approximate surface area is 108 Å². The second-order valence-corrected chi connectivity index (χ2v) is 5.02. The van der Waals surface area contributed by atoms with Crippen LogP contribution in [0.5, 0.6) is 0 Å². The van der Waals surface area contributed by atoms with Gasteiger partial charge >= 0.3 is 0 Å². The second kappa shape index (κ2) is 5.20. The number of hydrogen-bond donors (Lipinski definition) is 0. The van der Waals surface area contributed by atoms with Crippen molar-refractivity contribution < 1.29 is 9.53 Å². The molecule has 0 unspecified atom stereocenters. The molecule has 0 spiro atoms. The van der Waals surface area contributed by atoms with Crippen LogP contribution < -0.4 is 0 Å². The number of imidazole rings is 1. The first-order chi connectivity index (χ1) is 8.57. The highest BCUT2D eigenvalue weighted by Crippen LogP contribution is 2.21. The molecule has 0 radical (unpaired) electrons. The third kappa shape index (κ3) is 2.33. The maximum absolute atomic E-state index is 12.6. The Balaban J connectivity index is 2.20. The van der Waals surface area contributed by atoms with E-state index in [2.05, 4.69) is 9.88 Å². The number of ether oxygens (including phenoxy) is 1. The monoisotopic (exact) mass is 251 g/mol. The van der Waals surface area contributed by atoms with Gasteiger partial charge in [0, 0.05) is 32.0 Å². The predicted octanol–water partition coefficient (Wildman–Crippen LogP) is 1.20. The third-order valence-electron chi connectivity index (χ3n) is 3.62. The molecular formula is C13H21N3O2. The Bertz CT molecular complexity index is 420. The van der Waals surface area contributed by atoms with Crippen LogP contribution in [0, 0.1) is 0 Å². The summed E-state index contributed by atoms with van der Waals surface area (Å²) < 4.78 is 7.23. The van der Waals surface area contributed by atoms with Gasteiger partial charge in [-0.2, -0.15) is 0 Å². The summed E-state index contributed by atoms with van der Waals surface area (Å²) in [7, 11) is 0. The lowest BCUT2D eigenvalue weighted by Gasteiger charge is -2.39. The molecule has 1 saturated heterocycles. The lowest BCUT2D eigenvalue weighted by Crippen LogP contribution is -2.54. The number of aromatic nitrogens is 2. The number of Topliss-reactive ketones (excluding diaryl/α,β-unsaturated/α-hetero) is 1. The molecule has 0 N–H and O–H groups in total. The zero-order valence-electron chi connectivity index (χ0n) is 11.3. The van der Waals surface area contributed by atoms with E-state index in [0.29, 0.717) is 19.0 Å². The lowest BCUT2D eigenvalue weighted by molar-refractivity contribution is -0.00480. The van der Waals surface area contributed by atoms with Crippen molar-refractivity contribution in [1.29, 1.82) is 0 Å². The van der Waals surface area contributed by atoms with Crippen LogP contribution in [0.2, 0.25) is 0 Å². The van der Waals surface area contributed by atoms with Gasteiger partial charge in [0.25, 0.3) is 0 Å². The first-order valence-corrected chi connectivity index (χ1v) is 6.46. The van der Waals surface area contributed by atoms with Crippen LogP contribution in [-0.4, -0.2) is 52.1 Å². The summed E-state index contributed by atoms with van der Waals surface area (Å²) in [4.78, 5) is 19.0. The molecule has 5 nitrogen and oxygen atoms in total. The minimum absolute atomic E-state index is 0.0799. The van der Waals surface area contributed by atoms with Crippen molar-refractivity contribution in [3.63, 3.8) is 0 Å². The van der Waals surface area contributed by atoms with Gasteiger partial charge in [0.05, 0.1) is 18.8 Å². The van der Waals surface area contributed by atoms with Gasteiger partial charge in [0.2, 0.25) is 5.78 Å². The fourth-order valence-corrected chi connectivity index (χ4v) is 2.31. The third-order valence-corrected chi connectivity index (χ3v) is 3.62. The van der Waals surface area contributed by atoms with Gasteiger partial charge in [-0.25, -0.2) is 4.98 Å². The highest BCUT2D eigenvalue weighted by atomic mass is 16.5. The van der Waals surface area contributed by atoms with Crippen LogP contribution >= 0.6 is 0 Å². The van der Waals surface area contributed by atoms with E-state index in [-0.39, 0.29) is 5.78 Å². The summed E-state index contributed by atoms with van der Waals surface area (Å²) in [6, 6.07) is 0. The molecule has 0 aliphatic carbocycles. The SMILES string of the molecule is CCn1ccnc1C(=O)C(C)(C)N1CCOCC1. The molecule has 2 rings (SSSR count). The van der Waals surface area contributed by atoms with Gasteiger partial charge in [-0.05, 0) is 20.8 Å². The number of carbonyl (C=O) groups excluding carboxylic acids is 1. The van der Waals surface area contributed by atoms with E-state index in [1.807, 2.05) is 31.5 Å². The average Bonchev–Trinajstić information content (AvgIpc) is 2.87.